The average Bonchev–Trinajstić information content (AvgIpc) is 3.58. The molecule has 0 nitrogen and oxygen atoms in total. The zero-order chi connectivity index (χ0) is 26.3. The van der Waals surface area contributed by atoms with Gasteiger partial charge in [0.1, 0.15) is 0 Å². The quantitative estimate of drug-likeness (QED) is 0.275. The predicted octanol–water partition coefficient (Wildman–Crippen LogP) is 1.77. The fourth-order valence-corrected chi connectivity index (χ4v) is 7.45. The van der Waals surface area contributed by atoms with Crippen LogP contribution >= 0.6 is 11.6 Å². The number of hydrogen-bond donors (Lipinski definition) is 0. The van der Waals surface area contributed by atoms with Crippen molar-refractivity contribution in [1.29, 1.82) is 0 Å². The second kappa shape index (κ2) is 12.5. The number of hydrogen-bond acceptors (Lipinski definition) is 0. The van der Waals surface area contributed by atoms with Crippen molar-refractivity contribution in [2.45, 2.75) is 6.42 Å². The van der Waals surface area contributed by atoms with Crippen LogP contribution < -0.4 is 35.3 Å². The number of rotatable bonds is 4. The van der Waals surface area contributed by atoms with Gasteiger partial charge in [0.15, 0.2) is 0 Å². The van der Waals surface area contributed by atoms with Crippen LogP contribution in [0.15, 0.2) is 133 Å². The Labute approximate surface area is 272 Å². The third kappa shape index (κ3) is 5.15. The normalized spacial score (nSPS) is 12.9. The van der Waals surface area contributed by atoms with Gasteiger partial charge in [0.05, 0.1) is 0 Å². The van der Waals surface area contributed by atoms with E-state index in [2.05, 4.69) is 121 Å². The van der Waals surface area contributed by atoms with Crippen molar-refractivity contribution in [1.82, 2.24) is 0 Å². The van der Waals surface area contributed by atoms with Crippen LogP contribution in [0, 0.1) is 10.4 Å². The van der Waals surface area contributed by atoms with E-state index in [1.54, 1.807) is 0 Å². The largest absolute Gasteiger partial charge is 1.00 e. The number of fused-ring (bicyclic) bond motifs is 2. The van der Waals surface area contributed by atoms with E-state index in [0.717, 1.165) is 17.0 Å². The van der Waals surface area contributed by atoms with E-state index < -0.39 is 0 Å². The van der Waals surface area contributed by atoms with Gasteiger partial charge in [-0.1, -0.05) is 0 Å². The smallest absolute Gasteiger partial charge is 1.00 e. The fraction of sp³-hybridized carbons (Fsp3) is 0.0270. The first kappa shape index (κ1) is 29.6. The minimum Gasteiger partial charge on any atom is -1.00 e. The van der Waals surface area contributed by atoms with Crippen molar-refractivity contribution in [3.8, 4) is 0 Å². The van der Waals surface area contributed by atoms with E-state index in [0.29, 0.717) is 0 Å². The average molecular weight is 666 g/mol. The molecule has 5 aromatic rings. The predicted molar refractivity (Wildman–Crippen MR) is 159 cm³/mol. The molecule has 0 amide bonds. The van der Waals surface area contributed by atoms with Crippen LogP contribution in [-0.2, 0) is 24.7 Å². The van der Waals surface area contributed by atoms with Crippen LogP contribution in [0.4, 0.5) is 0 Å². The molecule has 0 saturated carbocycles. The third-order valence-corrected chi connectivity index (χ3v) is 9.34. The minimum absolute atomic E-state index is 0. The molecule has 197 valence electrons. The molecule has 0 bridgehead atoms. The Balaban J connectivity index is 0.00000169. The third-order valence-electron chi connectivity index (χ3n) is 7.73. The molecule has 0 atom stereocenters. The summed E-state index contributed by atoms with van der Waals surface area (Å²) in [4.78, 5) is 0. The molecule has 2 aliphatic rings. The molecule has 0 aromatic heterocycles. The van der Waals surface area contributed by atoms with Gasteiger partial charge in [0.2, 0.25) is 0 Å². The van der Waals surface area contributed by atoms with Crippen molar-refractivity contribution in [2.24, 2.45) is 0 Å². The Morgan fingerprint density at radius 1 is 0.585 bits per heavy atom. The maximum absolute atomic E-state index is 6.80. The van der Waals surface area contributed by atoms with E-state index in [9.17, 15) is 0 Å². The summed E-state index contributed by atoms with van der Waals surface area (Å²) in [6.45, 7) is 0. The van der Waals surface area contributed by atoms with E-state index >= 15 is 0 Å². The fourth-order valence-electron chi connectivity index (χ4n) is 6.04. The van der Waals surface area contributed by atoms with E-state index in [-0.39, 0.29) is 24.8 Å². The van der Waals surface area contributed by atoms with Gasteiger partial charge >= 0.3 is 250 Å². The summed E-state index contributed by atoms with van der Waals surface area (Å²) < 4.78 is 1.42. The van der Waals surface area contributed by atoms with Gasteiger partial charge < -0.3 is 24.8 Å². The van der Waals surface area contributed by atoms with Crippen molar-refractivity contribution in [2.75, 3.05) is 0 Å². The number of allylic oxidation sites excluding steroid dienone is 4. The zero-order valence-corrected chi connectivity index (χ0v) is 26.8. The Hall–Kier alpha value is -2.93. The Kier molecular flexibility index (Phi) is 9.03. The molecule has 4 heteroatoms. The summed E-state index contributed by atoms with van der Waals surface area (Å²) in [5, 5.41) is 6.07. The first-order valence-electron chi connectivity index (χ1n) is 13.2. The Morgan fingerprint density at radius 2 is 1.17 bits per heavy atom. The molecule has 5 aromatic carbocycles. The molecular formula is C37H24Cl3Zr. The van der Waals surface area contributed by atoms with Crippen molar-refractivity contribution < 1.29 is 49.5 Å². The summed E-state index contributed by atoms with van der Waals surface area (Å²) in [5.41, 5.74) is 10.0. The maximum atomic E-state index is 6.80. The Bertz CT molecular complexity index is 2000. The van der Waals surface area contributed by atoms with Gasteiger partial charge in [-0.3, -0.25) is 0 Å². The molecule has 41 heavy (non-hydrogen) atoms. The monoisotopic (exact) mass is 663 g/mol. The van der Waals surface area contributed by atoms with Crippen LogP contribution in [0.3, 0.4) is 0 Å². The van der Waals surface area contributed by atoms with Gasteiger partial charge in [-0.25, -0.2) is 0 Å². The zero-order valence-electron chi connectivity index (χ0n) is 22.0. The molecule has 0 radical (unpaired) electrons. The van der Waals surface area contributed by atoms with Crippen molar-refractivity contribution in [3.63, 3.8) is 0 Å². The minimum atomic E-state index is 0. The molecule has 2 aliphatic carbocycles. The van der Waals surface area contributed by atoms with Gasteiger partial charge in [-0.2, -0.15) is 0 Å². The second-order valence-electron chi connectivity index (χ2n) is 9.92. The topological polar surface area (TPSA) is 0 Å². The summed E-state index contributed by atoms with van der Waals surface area (Å²) >= 11 is 8.22. The van der Waals surface area contributed by atoms with Crippen molar-refractivity contribution in [3.05, 3.63) is 187 Å². The standard InChI is InChI=1S/C37H24Cl.2ClH.Zr/c38-35-21-10-9-18-31(35)29-19-11-20-32(29)37-33(23-22-30-28-17-8-7-16-27(28)24-34(30)37)36(25-12-3-1-4-13-25)26-14-5-2-6-15-26;;;/h1-19,21-23H,20H2;2*1H;/q;;;+2/p-2. The van der Waals surface area contributed by atoms with Crippen LogP contribution in [0.2, 0.25) is 5.02 Å². The molecule has 0 saturated heterocycles. The molecule has 0 spiro atoms. The van der Waals surface area contributed by atoms with E-state index in [1.165, 1.54) is 87.8 Å². The van der Waals surface area contributed by atoms with Crippen LogP contribution in [-0.4, -0.2) is 0 Å². The number of benzene rings is 5. The molecule has 0 unspecified atom stereocenters. The Morgan fingerprint density at radius 3 is 1.83 bits per heavy atom. The van der Waals surface area contributed by atoms with Crippen LogP contribution in [0.5, 0.6) is 0 Å². The first-order chi connectivity index (χ1) is 19.2. The number of halogens is 3. The van der Waals surface area contributed by atoms with Gasteiger partial charge in [-0.15, -0.1) is 0 Å². The second-order valence-corrected chi connectivity index (χ2v) is 11.6. The van der Waals surface area contributed by atoms with Gasteiger partial charge in [0.25, 0.3) is 0 Å². The molecule has 0 heterocycles. The van der Waals surface area contributed by atoms with E-state index in [4.69, 9.17) is 11.6 Å². The van der Waals surface area contributed by atoms with Gasteiger partial charge in [-0.05, 0) is 0 Å². The molecule has 0 fully saturated rings. The summed E-state index contributed by atoms with van der Waals surface area (Å²) in [6, 6.07) is 43.4. The summed E-state index contributed by atoms with van der Waals surface area (Å²) in [5.74, 6) is 0. The molecule has 7 rings (SSSR count). The van der Waals surface area contributed by atoms with Gasteiger partial charge in [0, 0.05) is 0 Å². The maximum Gasteiger partial charge on any atom is -1.00 e. The SMILES string of the molecule is Clc1ccccc1C1=C(c2c3c(ccc2=C(c2ccccc2)c2ccccc2)=c2ccccc2=[C]3[Zr+2])CC=C1.[Cl-].[Cl-]. The molecular weight excluding hydrogens is 642 g/mol. The van der Waals surface area contributed by atoms with Crippen LogP contribution in [0.1, 0.15) is 34.2 Å². The molecule has 0 aliphatic heterocycles. The van der Waals surface area contributed by atoms with Crippen LogP contribution in [0.25, 0.3) is 20.0 Å². The van der Waals surface area contributed by atoms with Crippen molar-refractivity contribution >= 4 is 31.6 Å². The summed E-state index contributed by atoms with van der Waals surface area (Å²) in [6.07, 6.45) is 5.42. The molecule has 0 N–H and O–H groups in total. The van der Waals surface area contributed by atoms with E-state index in [1.807, 2.05) is 12.1 Å². The summed E-state index contributed by atoms with van der Waals surface area (Å²) in [7, 11) is 0. The first-order valence-corrected chi connectivity index (χ1v) is 14.8.